The van der Waals surface area contributed by atoms with Gasteiger partial charge in [-0.1, -0.05) is 44.2 Å². The van der Waals surface area contributed by atoms with Gasteiger partial charge >= 0.3 is 6.03 Å². The molecule has 0 aromatic heterocycles. The van der Waals surface area contributed by atoms with Crippen LogP contribution in [0.1, 0.15) is 60.5 Å². The number of hydrogen-bond acceptors (Lipinski definition) is 6. The number of carbonyl (C=O) groups is 3. The number of carbonyl (C=O) groups excluding carboxylic acids is 3. The third-order valence-corrected chi connectivity index (χ3v) is 7.78. The predicted octanol–water partition coefficient (Wildman–Crippen LogP) is 3.12. The van der Waals surface area contributed by atoms with Crippen LogP contribution in [-0.4, -0.2) is 101 Å². The third kappa shape index (κ3) is 13.4. The summed E-state index contributed by atoms with van der Waals surface area (Å²) in [6, 6.07) is 7.84. The zero-order chi connectivity index (χ0) is 30.7. The van der Waals surface area contributed by atoms with Gasteiger partial charge in [-0.25, -0.2) is 4.79 Å². The second kappa shape index (κ2) is 16.2. The second-order valence-electron chi connectivity index (χ2n) is 12.7. The summed E-state index contributed by atoms with van der Waals surface area (Å²) in [5.74, 6) is -0.257. The highest BCUT2D eigenvalue weighted by atomic mass is 32.2. The molecule has 3 atom stereocenters. The number of thioether (sulfide) groups is 1. The van der Waals surface area contributed by atoms with Crippen molar-refractivity contribution in [3.05, 3.63) is 35.9 Å². The van der Waals surface area contributed by atoms with Gasteiger partial charge in [-0.05, 0) is 79.3 Å². The number of likely N-dealkylation sites (N-methyl/N-ethyl adjacent to an activating group) is 1. The molecule has 0 unspecified atom stereocenters. The van der Waals surface area contributed by atoms with Crippen LogP contribution in [0.25, 0.3) is 0 Å². The van der Waals surface area contributed by atoms with Crippen molar-refractivity contribution in [1.29, 1.82) is 0 Å². The molecule has 0 saturated heterocycles. The molecule has 0 bridgehead atoms. The first-order chi connectivity index (χ1) is 18.4. The van der Waals surface area contributed by atoms with Crippen molar-refractivity contribution in [3.8, 4) is 0 Å². The maximum atomic E-state index is 13.7. The number of nitrogens with one attached hydrogen (secondary N) is 3. The highest BCUT2D eigenvalue weighted by Gasteiger charge is 2.38. The summed E-state index contributed by atoms with van der Waals surface area (Å²) in [5, 5.41) is 20.4. The molecule has 0 fully saturated rings. The fraction of sp³-hybridized carbons (Fsp3) is 0.700. The van der Waals surface area contributed by atoms with Gasteiger partial charge in [0, 0.05) is 16.8 Å². The number of benzene rings is 1. The van der Waals surface area contributed by atoms with E-state index in [0.717, 1.165) is 12.0 Å². The van der Waals surface area contributed by atoms with E-state index in [9.17, 15) is 19.5 Å². The lowest BCUT2D eigenvalue weighted by Crippen LogP contribution is -2.61. The second-order valence-corrected chi connectivity index (χ2v) is 14.2. The zero-order valence-electron chi connectivity index (χ0n) is 26.2. The molecule has 0 aliphatic heterocycles. The Morgan fingerprint density at radius 1 is 1.00 bits per heavy atom. The Morgan fingerprint density at radius 2 is 1.60 bits per heavy atom. The van der Waals surface area contributed by atoms with Crippen LogP contribution in [0.4, 0.5) is 4.79 Å². The molecule has 40 heavy (non-hydrogen) atoms. The van der Waals surface area contributed by atoms with Gasteiger partial charge < -0.3 is 30.9 Å². The van der Waals surface area contributed by atoms with Crippen LogP contribution in [0.15, 0.2) is 30.3 Å². The van der Waals surface area contributed by atoms with Gasteiger partial charge in [0.2, 0.25) is 11.8 Å². The van der Waals surface area contributed by atoms with Crippen LogP contribution in [0.5, 0.6) is 0 Å². The topological polar surface area (TPSA) is 114 Å². The van der Waals surface area contributed by atoms with E-state index in [2.05, 4.69) is 29.8 Å². The molecule has 0 radical (unpaired) electrons. The van der Waals surface area contributed by atoms with E-state index >= 15 is 0 Å². The summed E-state index contributed by atoms with van der Waals surface area (Å²) in [6.07, 6.45) is 2.00. The largest absolute Gasteiger partial charge is 0.389 e. The third-order valence-electron chi connectivity index (χ3n) is 6.49. The first-order valence-electron chi connectivity index (χ1n) is 14.0. The highest BCUT2D eigenvalue weighted by molar-refractivity contribution is 8.00. The van der Waals surface area contributed by atoms with E-state index in [1.807, 2.05) is 71.2 Å². The molecule has 0 spiro atoms. The molecule has 0 aliphatic rings. The summed E-state index contributed by atoms with van der Waals surface area (Å²) in [7, 11) is 3.59. The molecule has 228 valence electrons. The average molecular weight is 580 g/mol. The number of aliphatic hydroxyl groups is 1. The van der Waals surface area contributed by atoms with Crippen molar-refractivity contribution in [2.45, 2.75) is 89.8 Å². The van der Waals surface area contributed by atoms with Crippen LogP contribution < -0.4 is 16.0 Å². The van der Waals surface area contributed by atoms with Gasteiger partial charge in [0.05, 0.1) is 25.2 Å². The van der Waals surface area contributed by atoms with Crippen molar-refractivity contribution < 1.29 is 19.5 Å². The highest BCUT2D eigenvalue weighted by Crippen LogP contribution is 2.26. The maximum Gasteiger partial charge on any atom is 0.317 e. The molecule has 4 N–H and O–H groups in total. The van der Waals surface area contributed by atoms with Crippen LogP contribution in [0, 0.1) is 5.92 Å². The van der Waals surface area contributed by atoms with Gasteiger partial charge in [0.25, 0.3) is 0 Å². The Hall–Kier alpha value is -2.30. The summed E-state index contributed by atoms with van der Waals surface area (Å²) in [5.41, 5.74) is 0.508. The lowest BCUT2D eigenvalue weighted by molar-refractivity contribution is -0.130. The first kappa shape index (κ1) is 35.7. The molecule has 10 heteroatoms. The van der Waals surface area contributed by atoms with Gasteiger partial charge in [-0.2, -0.15) is 11.8 Å². The van der Waals surface area contributed by atoms with Crippen LogP contribution in [0.3, 0.4) is 0 Å². The minimum atomic E-state index is -1.04. The van der Waals surface area contributed by atoms with Crippen molar-refractivity contribution >= 4 is 29.6 Å². The summed E-state index contributed by atoms with van der Waals surface area (Å²) in [4.78, 5) is 42.9. The Bertz CT molecular complexity index is 934. The van der Waals surface area contributed by atoms with Gasteiger partial charge in [-0.3, -0.25) is 9.59 Å². The zero-order valence-corrected chi connectivity index (χ0v) is 27.0. The summed E-state index contributed by atoms with van der Waals surface area (Å²) in [6.45, 7) is 14.4. The van der Waals surface area contributed by atoms with E-state index in [4.69, 9.17) is 0 Å². The Balaban J connectivity index is 3.28. The molecule has 1 aromatic rings. The fourth-order valence-corrected chi connectivity index (χ4v) is 4.43. The SMILES string of the molecule is CSC(C)(C)[C@H](NC(=O)CN(C)C)C(=O)N[C@@H](Cc1ccccc1)[C@H](O)CN(CCC(C)C)C(=O)NC(C)(C)C. The van der Waals surface area contributed by atoms with Gasteiger partial charge in [0.15, 0.2) is 0 Å². The standard InChI is InChI=1S/C30H53N5O4S/c1-21(2)16-17-35(28(39)33-29(3,4)5)19-24(36)23(18-22-14-12-11-13-15-22)31-27(38)26(30(6,7)40-10)32-25(37)20-34(8)9/h11-15,21,23-24,26,36H,16-20H2,1-10H3,(H,31,38)(H,32,37)(H,33,39)/t23-,24+,26+/m0/s1. The number of hydrogen-bond donors (Lipinski definition) is 4. The minimum Gasteiger partial charge on any atom is -0.389 e. The summed E-state index contributed by atoms with van der Waals surface area (Å²) >= 11 is 1.48. The normalized spacial score (nSPS) is 14.4. The van der Waals surface area contributed by atoms with Crippen molar-refractivity contribution in [1.82, 2.24) is 25.8 Å². The average Bonchev–Trinajstić information content (AvgIpc) is 2.83. The van der Waals surface area contributed by atoms with Crippen molar-refractivity contribution in [2.75, 3.05) is 40.0 Å². The van der Waals surface area contributed by atoms with Crippen molar-refractivity contribution in [2.24, 2.45) is 5.92 Å². The molecular weight excluding hydrogens is 526 g/mol. The number of rotatable bonds is 15. The lowest BCUT2D eigenvalue weighted by Gasteiger charge is -2.36. The quantitative estimate of drug-likeness (QED) is 0.254. The molecule has 9 nitrogen and oxygen atoms in total. The molecule has 4 amide bonds. The lowest BCUT2D eigenvalue weighted by atomic mass is 9.97. The Kier molecular flexibility index (Phi) is 14.5. The Labute approximate surface area is 246 Å². The molecule has 1 rings (SSSR count). The monoisotopic (exact) mass is 579 g/mol. The van der Waals surface area contributed by atoms with Gasteiger partial charge in [-0.15, -0.1) is 0 Å². The Morgan fingerprint density at radius 3 is 2.10 bits per heavy atom. The van der Waals surface area contributed by atoms with E-state index in [1.54, 1.807) is 23.9 Å². The number of urea groups is 1. The fourth-order valence-electron chi connectivity index (χ4n) is 4.03. The number of aliphatic hydroxyl groups excluding tert-OH is 1. The molecule has 0 saturated carbocycles. The van der Waals surface area contributed by atoms with Crippen LogP contribution >= 0.6 is 11.8 Å². The number of nitrogens with zero attached hydrogens (tertiary/aromatic N) is 2. The minimum absolute atomic E-state index is 0.0516. The van der Waals surface area contributed by atoms with E-state index < -0.39 is 28.5 Å². The van der Waals surface area contributed by atoms with Crippen molar-refractivity contribution in [3.63, 3.8) is 0 Å². The van der Waals surface area contributed by atoms with E-state index in [-0.39, 0.29) is 30.9 Å². The summed E-state index contributed by atoms with van der Waals surface area (Å²) < 4.78 is -0.607. The molecule has 0 heterocycles. The van der Waals surface area contributed by atoms with Crippen LogP contribution in [0.2, 0.25) is 0 Å². The molecular formula is C30H53N5O4S. The predicted molar refractivity (Wildman–Crippen MR) is 165 cm³/mol. The maximum absolute atomic E-state index is 13.7. The van der Waals surface area contributed by atoms with E-state index in [0.29, 0.717) is 18.9 Å². The number of amides is 4. The van der Waals surface area contributed by atoms with Gasteiger partial charge in [0.1, 0.15) is 6.04 Å². The van der Waals surface area contributed by atoms with Crippen LogP contribution in [-0.2, 0) is 16.0 Å². The van der Waals surface area contributed by atoms with E-state index in [1.165, 1.54) is 11.8 Å². The molecule has 0 aliphatic carbocycles. The molecule has 1 aromatic carbocycles. The smallest absolute Gasteiger partial charge is 0.317 e. The first-order valence-corrected chi connectivity index (χ1v) is 15.3.